The Morgan fingerprint density at radius 3 is 2.68 bits per heavy atom. The summed E-state index contributed by atoms with van der Waals surface area (Å²) in [5.41, 5.74) is 0.985. The zero-order chi connectivity index (χ0) is 18.4. The number of aliphatic hydroxyl groups excluding tert-OH is 1. The van der Waals surface area contributed by atoms with Gasteiger partial charge in [-0.1, -0.05) is 26.3 Å². The summed E-state index contributed by atoms with van der Waals surface area (Å²) in [6.45, 7) is 7.60. The van der Waals surface area contributed by atoms with Crippen LogP contribution in [0.15, 0.2) is 33.0 Å². The molecular weight excluding hydrogens is 320 g/mol. The molecule has 0 amide bonds. The van der Waals surface area contributed by atoms with Gasteiger partial charge in [0.25, 0.3) is 0 Å². The van der Waals surface area contributed by atoms with E-state index in [0.717, 1.165) is 12.0 Å². The molecule has 3 rings (SSSR count). The lowest BCUT2D eigenvalue weighted by Gasteiger charge is -2.37. The lowest BCUT2D eigenvalue weighted by atomic mass is 9.77. The van der Waals surface area contributed by atoms with Gasteiger partial charge in [0, 0.05) is 18.1 Å². The second-order valence-electron chi connectivity index (χ2n) is 7.15. The fourth-order valence-corrected chi connectivity index (χ4v) is 3.52. The third-order valence-electron chi connectivity index (χ3n) is 4.72. The third kappa shape index (κ3) is 2.97. The predicted octanol–water partition coefficient (Wildman–Crippen LogP) is 3.11. The molecule has 25 heavy (non-hydrogen) atoms. The van der Waals surface area contributed by atoms with Gasteiger partial charge in [0.05, 0.1) is 11.7 Å². The van der Waals surface area contributed by atoms with Gasteiger partial charge in [-0.05, 0) is 31.9 Å². The van der Waals surface area contributed by atoms with Crippen LogP contribution in [0.1, 0.15) is 63.3 Å². The Morgan fingerprint density at radius 1 is 1.32 bits per heavy atom. The van der Waals surface area contributed by atoms with E-state index in [2.05, 4.69) is 0 Å². The second kappa shape index (κ2) is 6.30. The molecule has 0 radical (unpaired) electrons. The summed E-state index contributed by atoms with van der Waals surface area (Å²) in [5, 5.41) is 10.8. The van der Waals surface area contributed by atoms with Crippen LogP contribution in [-0.2, 0) is 16.0 Å². The Labute approximate surface area is 147 Å². The number of ketones is 1. The molecule has 1 aliphatic heterocycles. The average Bonchev–Trinajstić information content (AvgIpc) is 2.53. The average molecular weight is 344 g/mol. The highest BCUT2D eigenvalue weighted by Crippen LogP contribution is 2.45. The number of fused-ring (bicyclic) bond motifs is 2. The quantitative estimate of drug-likeness (QED) is 0.908. The fraction of sp³-hybridized carbons (Fsp3) is 0.500. The zero-order valence-corrected chi connectivity index (χ0v) is 15.1. The fourth-order valence-electron chi connectivity index (χ4n) is 3.52. The minimum absolute atomic E-state index is 0.157. The van der Waals surface area contributed by atoms with Crippen LogP contribution >= 0.6 is 0 Å². The van der Waals surface area contributed by atoms with Crippen LogP contribution in [0.2, 0.25) is 0 Å². The van der Waals surface area contributed by atoms with Gasteiger partial charge in [-0.3, -0.25) is 4.79 Å². The summed E-state index contributed by atoms with van der Waals surface area (Å²) < 4.78 is 11.6. The molecule has 1 N–H and O–H groups in total. The van der Waals surface area contributed by atoms with E-state index in [1.165, 1.54) is 6.07 Å². The first-order chi connectivity index (χ1) is 11.8. The number of ether oxygens (including phenoxy) is 1. The summed E-state index contributed by atoms with van der Waals surface area (Å²) in [4.78, 5) is 24.6. The van der Waals surface area contributed by atoms with Crippen LogP contribution in [0, 0.1) is 0 Å². The first-order valence-electron chi connectivity index (χ1n) is 8.79. The monoisotopic (exact) mass is 344 g/mol. The Morgan fingerprint density at radius 2 is 2.04 bits per heavy atom. The minimum Gasteiger partial charge on any atom is -0.483 e. The molecule has 2 aliphatic rings. The molecule has 2 unspecified atom stereocenters. The highest BCUT2D eigenvalue weighted by Gasteiger charge is 2.44. The van der Waals surface area contributed by atoms with Crippen molar-refractivity contribution in [2.45, 2.75) is 64.6 Å². The number of hydrogen-bond donors (Lipinski definition) is 1. The van der Waals surface area contributed by atoms with Crippen molar-refractivity contribution in [1.29, 1.82) is 0 Å². The van der Waals surface area contributed by atoms with Crippen LogP contribution in [-0.4, -0.2) is 22.6 Å². The molecule has 0 aromatic carbocycles. The molecule has 0 bridgehead atoms. The van der Waals surface area contributed by atoms with Crippen molar-refractivity contribution in [3.8, 4) is 0 Å². The largest absolute Gasteiger partial charge is 0.483 e. The number of aryl methyl sites for hydroxylation is 1. The summed E-state index contributed by atoms with van der Waals surface area (Å²) in [7, 11) is 0. The van der Waals surface area contributed by atoms with Crippen molar-refractivity contribution >= 4 is 11.5 Å². The highest BCUT2D eigenvalue weighted by atomic mass is 16.5. The Balaban J connectivity index is 2.31. The zero-order valence-electron chi connectivity index (χ0n) is 15.1. The number of carbonyl (C=O) groups excluding carboxylic acids is 1. The Hall–Kier alpha value is -2.14. The summed E-state index contributed by atoms with van der Waals surface area (Å²) >= 11 is 0. The third-order valence-corrected chi connectivity index (χ3v) is 4.72. The van der Waals surface area contributed by atoms with Gasteiger partial charge in [-0.2, -0.15) is 0 Å². The van der Waals surface area contributed by atoms with Gasteiger partial charge in [-0.25, -0.2) is 4.79 Å². The molecule has 0 spiro atoms. The maximum atomic E-state index is 12.5. The molecule has 2 atom stereocenters. The topological polar surface area (TPSA) is 76.7 Å². The van der Waals surface area contributed by atoms with Gasteiger partial charge in [-0.15, -0.1) is 0 Å². The molecule has 5 heteroatoms. The Kier molecular flexibility index (Phi) is 4.45. The predicted molar refractivity (Wildman–Crippen MR) is 94.2 cm³/mol. The van der Waals surface area contributed by atoms with Crippen LogP contribution in [0.25, 0.3) is 5.76 Å². The molecule has 134 valence electrons. The van der Waals surface area contributed by atoms with Crippen LogP contribution in [0.5, 0.6) is 0 Å². The molecule has 1 aromatic heterocycles. The van der Waals surface area contributed by atoms with Crippen molar-refractivity contribution in [2.75, 3.05) is 0 Å². The van der Waals surface area contributed by atoms with E-state index >= 15 is 0 Å². The van der Waals surface area contributed by atoms with E-state index in [4.69, 9.17) is 9.15 Å². The van der Waals surface area contributed by atoms with Crippen LogP contribution in [0.4, 0.5) is 0 Å². The molecule has 2 heterocycles. The van der Waals surface area contributed by atoms with Crippen LogP contribution in [0.3, 0.4) is 0 Å². The molecule has 1 aliphatic carbocycles. The van der Waals surface area contributed by atoms with Crippen molar-refractivity contribution in [1.82, 2.24) is 0 Å². The normalized spacial score (nSPS) is 23.7. The Bertz CT molecular complexity index is 825. The van der Waals surface area contributed by atoms with E-state index in [-0.39, 0.29) is 18.0 Å². The maximum Gasteiger partial charge on any atom is 0.336 e. The van der Waals surface area contributed by atoms with E-state index in [9.17, 15) is 14.7 Å². The van der Waals surface area contributed by atoms with Crippen molar-refractivity contribution in [2.24, 2.45) is 0 Å². The molecule has 0 saturated heterocycles. The smallest absolute Gasteiger partial charge is 0.336 e. The first-order valence-corrected chi connectivity index (χ1v) is 8.79. The first kappa shape index (κ1) is 17.7. The van der Waals surface area contributed by atoms with Gasteiger partial charge >= 0.3 is 5.63 Å². The van der Waals surface area contributed by atoms with Crippen molar-refractivity contribution in [3.05, 3.63) is 51.1 Å². The number of Topliss-reactive ketones (excluding diaryl/α,β-unsaturated/α-hetero) is 1. The number of hydrogen-bond acceptors (Lipinski definition) is 5. The summed E-state index contributed by atoms with van der Waals surface area (Å²) in [6, 6.07) is 1.47. The van der Waals surface area contributed by atoms with Gasteiger partial charge in [0.15, 0.2) is 0 Å². The maximum absolute atomic E-state index is 12.5. The van der Waals surface area contributed by atoms with Gasteiger partial charge < -0.3 is 14.3 Å². The van der Waals surface area contributed by atoms with Gasteiger partial charge in [0.1, 0.15) is 28.8 Å². The van der Waals surface area contributed by atoms with Crippen LogP contribution < -0.4 is 5.63 Å². The van der Waals surface area contributed by atoms with E-state index < -0.39 is 23.2 Å². The van der Waals surface area contributed by atoms with Gasteiger partial charge in [0.2, 0.25) is 0 Å². The number of rotatable bonds is 4. The second-order valence-corrected chi connectivity index (χ2v) is 7.15. The van der Waals surface area contributed by atoms with Crippen molar-refractivity contribution < 1.29 is 19.1 Å². The molecular formula is C20H24O5. The van der Waals surface area contributed by atoms with E-state index in [1.807, 2.05) is 32.9 Å². The summed E-state index contributed by atoms with van der Waals surface area (Å²) in [5.74, 6) is -0.282. The lowest BCUT2D eigenvalue weighted by molar-refractivity contribution is -0.122. The van der Waals surface area contributed by atoms with Crippen molar-refractivity contribution in [3.63, 3.8) is 0 Å². The highest BCUT2D eigenvalue weighted by molar-refractivity contribution is 5.90. The van der Waals surface area contributed by atoms with E-state index in [1.54, 1.807) is 6.92 Å². The molecule has 5 nitrogen and oxygen atoms in total. The standard InChI is InChI=1S/C20H24O5/c1-5-7-11-10-14(22)24-19-15(11)18-12(8-9-20(3,4)25-18)17(23)16(19)13(21)6-2/h8-10,16-17,23H,5-7H2,1-4H3. The lowest BCUT2D eigenvalue weighted by Crippen LogP contribution is -2.37. The summed E-state index contributed by atoms with van der Waals surface area (Å²) in [6.07, 6.45) is 4.37. The SMILES string of the molecule is CCCc1cc(=O)oc2c1C1=C(C=CC(C)(C)O1)C(O)C2C(=O)CC. The minimum atomic E-state index is -1.08. The van der Waals surface area contributed by atoms with E-state index in [0.29, 0.717) is 23.3 Å². The molecule has 0 saturated carbocycles. The number of carbonyl (C=O) groups is 1. The molecule has 0 fully saturated rings. The molecule has 1 aromatic rings. The number of aliphatic hydroxyl groups is 1.